The molecule has 30 heavy (non-hydrogen) atoms. The number of nitrogens with one attached hydrogen (secondary N) is 2. The van der Waals surface area contributed by atoms with Crippen LogP contribution in [0.5, 0.6) is 11.5 Å². The van der Waals surface area contributed by atoms with Crippen molar-refractivity contribution in [3.05, 3.63) is 41.4 Å². The number of anilines is 3. The van der Waals surface area contributed by atoms with Crippen LogP contribution >= 0.6 is 11.6 Å². The molecular formula is C21H22ClN3O5. The van der Waals surface area contributed by atoms with E-state index in [-0.39, 0.29) is 35.7 Å². The number of carbonyl (C=O) groups excluding carboxylic acids is 3. The van der Waals surface area contributed by atoms with Gasteiger partial charge >= 0.3 is 0 Å². The molecule has 1 fully saturated rings. The van der Waals surface area contributed by atoms with Gasteiger partial charge in [0.2, 0.25) is 17.7 Å². The third-order valence-electron chi connectivity index (χ3n) is 4.71. The van der Waals surface area contributed by atoms with Gasteiger partial charge < -0.3 is 25.0 Å². The number of hydrogen-bond donors (Lipinski definition) is 2. The number of halogens is 1. The standard InChI is InChI=1S/C21H22ClN3O5/c1-12(26)23-14-5-4-6-15(8-14)25-11-13(7-19(25)27)21(28)24-20-17(22)9-16(29-2)10-18(20)30-3/h4-6,8-10,13H,7,11H2,1-3H3,(H,23,26)(H,24,28). The Labute approximate surface area is 179 Å². The summed E-state index contributed by atoms with van der Waals surface area (Å²) < 4.78 is 10.5. The van der Waals surface area contributed by atoms with Crippen LogP contribution in [0.1, 0.15) is 13.3 Å². The number of nitrogens with zero attached hydrogens (tertiary/aromatic N) is 1. The second kappa shape index (κ2) is 9.04. The van der Waals surface area contributed by atoms with Crippen molar-refractivity contribution < 1.29 is 23.9 Å². The summed E-state index contributed by atoms with van der Waals surface area (Å²) >= 11 is 6.27. The molecule has 1 aliphatic heterocycles. The van der Waals surface area contributed by atoms with Gasteiger partial charge in [-0.25, -0.2) is 0 Å². The molecule has 1 heterocycles. The van der Waals surface area contributed by atoms with E-state index in [4.69, 9.17) is 21.1 Å². The fourth-order valence-electron chi connectivity index (χ4n) is 3.27. The summed E-state index contributed by atoms with van der Waals surface area (Å²) in [5.74, 6) is -0.433. The van der Waals surface area contributed by atoms with E-state index in [2.05, 4.69) is 10.6 Å². The summed E-state index contributed by atoms with van der Waals surface area (Å²) in [7, 11) is 2.96. The molecule has 1 atom stereocenters. The molecule has 158 valence electrons. The zero-order chi connectivity index (χ0) is 21.8. The van der Waals surface area contributed by atoms with Crippen LogP contribution in [0.25, 0.3) is 0 Å². The van der Waals surface area contributed by atoms with Gasteiger partial charge in [-0.2, -0.15) is 0 Å². The van der Waals surface area contributed by atoms with Crippen molar-refractivity contribution in [1.82, 2.24) is 0 Å². The highest BCUT2D eigenvalue weighted by Crippen LogP contribution is 2.37. The first-order valence-electron chi connectivity index (χ1n) is 9.22. The van der Waals surface area contributed by atoms with Crippen molar-refractivity contribution in [2.45, 2.75) is 13.3 Å². The Kier molecular flexibility index (Phi) is 6.47. The number of ether oxygens (including phenoxy) is 2. The zero-order valence-corrected chi connectivity index (χ0v) is 17.6. The molecule has 8 nitrogen and oxygen atoms in total. The summed E-state index contributed by atoms with van der Waals surface area (Å²) in [6.45, 7) is 1.62. The number of carbonyl (C=O) groups is 3. The Morgan fingerprint density at radius 3 is 2.57 bits per heavy atom. The SMILES string of the molecule is COc1cc(Cl)c(NC(=O)C2CC(=O)N(c3cccc(NC(C)=O)c3)C2)c(OC)c1. The molecule has 3 amide bonds. The predicted octanol–water partition coefficient (Wildman–Crippen LogP) is 3.31. The molecule has 3 rings (SSSR count). The van der Waals surface area contributed by atoms with Gasteiger partial charge in [0.05, 0.1) is 25.2 Å². The first kappa shape index (κ1) is 21.4. The second-order valence-electron chi connectivity index (χ2n) is 6.81. The fourth-order valence-corrected chi connectivity index (χ4v) is 3.52. The van der Waals surface area contributed by atoms with E-state index in [1.807, 2.05) is 0 Å². The molecular weight excluding hydrogens is 410 g/mol. The molecule has 2 aromatic carbocycles. The van der Waals surface area contributed by atoms with E-state index in [9.17, 15) is 14.4 Å². The molecule has 1 saturated heterocycles. The minimum absolute atomic E-state index is 0.0618. The summed E-state index contributed by atoms with van der Waals surface area (Å²) in [4.78, 5) is 38.2. The Morgan fingerprint density at radius 1 is 1.13 bits per heavy atom. The third kappa shape index (κ3) is 4.65. The maximum absolute atomic E-state index is 12.8. The van der Waals surface area contributed by atoms with Gasteiger partial charge in [0.25, 0.3) is 0 Å². The highest BCUT2D eigenvalue weighted by atomic mass is 35.5. The third-order valence-corrected chi connectivity index (χ3v) is 5.00. The molecule has 9 heteroatoms. The van der Waals surface area contributed by atoms with Crippen molar-refractivity contribution in [3.63, 3.8) is 0 Å². The van der Waals surface area contributed by atoms with Crippen LogP contribution < -0.4 is 25.0 Å². The van der Waals surface area contributed by atoms with Crippen molar-refractivity contribution in [1.29, 1.82) is 0 Å². The first-order chi connectivity index (χ1) is 14.3. The average molecular weight is 432 g/mol. The number of hydrogen-bond acceptors (Lipinski definition) is 5. The number of benzene rings is 2. The maximum Gasteiger partial charge on any atom is 0.229 e. The quantitative estimate of drug-likeness (QED) is 0.731. The van der Waals surface area contributed by atoms with Gasteiger partial charge in [-0.15, -0.1) is 0 Å². The lowest BCUT2D eigenvalue weighted by Crippen LogP contribution is -2.28. The Bertz CT molecular complexity index is 995. The first-order valence-corrected chi connectivity index (χ1v) is 9.60. The molecule has 0 saturated carbocycles. The summed E-state index contributed by atoms with van der Waals surface area (Å²) in [6.07, 6.45) is 0.0618. The highest BCUT2D eigenvalue weighted by molar-refractivity contribution is 6.34. The van der Waals surface area contributed by atoms with Crippen LogP contribution in [-0.4, -0.2) is 38.5 Å². The van der Waals surface area contributed by atoms with E-state index >= 15 is 0 Å². The Morgan fingerprint density at radius 2 is 1.90 bits per heavy atom. The zero-order valence-electron chi connectivity index (χ0n) is 16.8. The van der Waals surface area contributed by atoms with Crippen molar-refractivity contribution in [3.8, 4) is 11.5 Å². The molecule has 0 aliphatic carbocycles. The number of amides is 3. The van der Waals surface area contributed by atoms with Crippen molar-refractivity contribution >= 4 is 46.4 Å². The Balaban J connectivity index is 1.75. The average Bonchev–Trinajstić information content (AvgIpc) is 3.10. The molecule has 0 spiro atoms. The lowest BCUT2D eigenvalue weighted by atomic mass is 10.1. The van der Waals surface area contributed by atoms with E-state index < -0.39 is 5.92 Å². The molecule has 0 bridgehead atoms. The Hall–Kier alpha value is -3.26. The van der Waals surface area contributed by atoms with Crippen LogP contribution in [0, 0.1) is 5.92 Å². The summed E-state index contributed by atoms with van der Waals surface area (Å²) in [5, 5.41) is 5.72. The molecule has 2 aromatic rings. The van der Waals surface area contributed by atoms with E-state index in [0.717, 1.165) is 0 Å². The number of methoxy groups -OCH3 is 2. The van der Waals surface area contributed by atoms with Crippen LogP contribution in [0.3, 0.4) is 0 Å². The largest absolute Gasteiger partial charge is 0.497 e. The maximum atomic E-state index is 12.8. The molecule has 1 aliphatic rings. The molecule has 0 aromatic heterocycles. The normalized spacial score (nSPS) is 15.7. The van der Waals surface area contributed by atoms with Gasteiger partial charge in [0, 0.05) is 43.4 Å². The lowest BCUT2D eigenvalue weighted by Gasteiger charge is -2.18. The fraction of sp³-hybridized carbons (Fsp3) is 0.286. The van der Waals surface area contributed by atoms with Gasteiger partial charge in [-0.05, 0) is 18.2 Å². The molecule has 2 N–H and O–H groups in total. The van der Waals surface area contributed by atoms with Gasteiger partial charge in [0.1, 0.15) is 17.2 Å². The topological polar surface area (TPSA) is 97.0 Å². The minimum atomic E-state index is -0.565. The van der Waals surface area contributed by atoms with Crippen molar-refractivity contribution in [2.24, 2.45) is 5.92 Å². The number of rotatable bonds is 6. The molecule has 1 unspecified atom stereocenters. The van der Waals surface area contributed by atoms with Crippen LogP contribution in [-0.2, 0) is 14.4 Å². The van der Waals surface area contributed by atoms with Gasteiger partial charge in [-0.3, -0.25) is 14.4 Å². The van der Waals surface area contributed by atoms with Crippen LogP contribution in [0.15, 0.2) is 36.4 Å². The summed E-state index contributed by atoms with van der Waals surface area (Å²) in [5.41, 5.74) is 1.51. The van der Waals surface area contributed by atoms with Crippen LogP contribution in [0.4, 0.5) is 17.1 Å². The van der Waals surface area contributed by atoms with E-state index in [1.165, 1.54) is 26.0 Å². The van der Waals surface area contributed by atoms with E-state index in [0.29, 0.717) is 28.6 Å². The lowest BCUT2D eigenvalue weighted by molar-refractivity contribution is -0.122. The monoisotopic (exact) mass is 431 g/mol. The smallest absolute Gasteiger partial charge is 0.229 e. The van der Waals surface area contributed by atoms with Crippen LogP contribution in [0.2, 0.25) is 5.02 Å². The van der Waals surface area contributed by atoms with Gasteiger partial charge in [0.15, 0.2) is 0 Å². The highest BCUT2D eigenvalue weighted by Gasteiger charge is 2.35. The van der Waals surface area contributed by atoms with Gasteiger partial charge in [-0.1, -0.05) is 17.7 Å². The summed E-state index contributed by atoms with van der Waals surface area (Å²) in [6, 6.07) is 10.1. The molecule has 0 radical (unpaired) electrons. The van der Waals surface area contributed by atoms with E-state index in [1.54, 1.807) is 36.4 Å². The second-order valence-corrected chi connectivity index (χ2v) is 7.22. The predicted molar refractivity (Wildman–Crippen MR) is 114 cm³/mol. The van der Waals surface area contributed by atoms with Crippen molar-refractivity contribution in [2.75, 3.05) is 36.3 Å². The minimum Gasteiger partial charge on any atom is -0.497 e.